The van der Waals surface area contributed by atoms with Crippen molar-refractivity contribution in [3.8, 4) is 0 Å². The third-order valence-corrected chi connectivity index (χ3v) is 4.24. The standard InChI is InChI=1S/C12H17NOS/c1-3-9(2)13-11(14)12(6-7-12)10-5-4-8-15-10/h4-5,8-9H,3,6-7H2,1-2H3,(H,13,14). The average Bonchev–Trinajstić information content (AvgIpc) is 2.87. The Morgan fingerprint density at radius 3 is 2.87 bits per heavy atom. The van der Waals surface area contributed by atoms with Crippen molar-refractivity contribution in [1.29, 1.82) is 0 Å². The molecule has 15 heavy (non-hydrogen) atoms. The molecular formula is C12H17NOS. The monoisotopic (exact) mass is 223 g/mol. The van der Waals surface area contributed by atoms with E-state index < -0.39 is 0 Å². The van der Waals surface area contributed by atoms with Crippen molar-refractivity contribution in [1.82, 2.24) is 5.32 Å². The molecule has 1 atom stereocenters. The van der Waals surface area contributed by atoms with Gasteiger partial charge in [-0.3, -0.25) is 4.79 Å². The van der Waals surface area contributed by atoms with Gasteiger partial charge in [0.05, 0.1) is 5.41 Å². The third kappa shape index (κ3) is 1.93. The summed E-state index contributed by atoms with van der Waals surface area (Å²) in [6, 6.07) is 4.39. The molecule has 2 nitrogen and oxygen atoms in total. The molecule has 2 rings (SSSR count). The second kappa shape index (κ2) is 3.97. The summed E-state index contributed by atoms with van der Waals surface area (Å²) in [5.74, 6) is 0.222. The molecule has 1 aromatic rings. The van der Waals surface area contributed by atoms with Crippen LogP contribution in [-0.4, -0.2) is 11.9 Å². The number of nitrogens with one attached hydrogen (secondary N) is 1. The van der Waals surface area contributed by atoms with Crippen LogP contribution in [0.3, 0.4) is 0 Å². The zero-order valence-electron chi connectivity index (χ0n) is 9.25. The molecular weight excluding hydrogens is 206 g/mol. The minimum atomic E-state index is -0.169. The fraction of sp³-hybridized carbons (Fsp3) is 0.583. The number of hydrogen-bond acceptors (Lipinski definition) is 2. The summed E-state index contributed by atoms with van der Waals surface area (Å²) in [7, 11) is 0. The summed E-state index contributed by atoms with van der Waals surface area (Å²) in [4.78, 5) is 13.3. The quantitative estimate of drug-likeness (QED) is 0.835. The van der Waals surface area contributed by atoms with Crippen molar-refractivity contribution in [2.75, 3.05) is 0 Å². The van der Waals surface area contributed by atoms with Crippen molar-refractivity contribution in [2.24, 2.45) is 0 Å². The Kier molecular flexibility index (Phi) is 2.83. The van der Waals surface area contributed by atoms with Gasteiger partial charge in [0.1, 0.15) is 0 Å². The van der Waals surface area contributed by atoms with Crippen molar-refractivity contribution in [3.63, 3.8) is 0 Å². The molecule has 1 N–H and O–H groups in total. The highest BCUT2D eigenvalue weighted by Crippen LogP contribution is 2.50. The van der Waals surface area contributed by atoms with Gasteiger partial charge in [-0.25, -0.2) is 0 Å². The Bertz CT molecular complexity index is 341. The normalized spacial score (nSPS) is 19.6. The van der Waals surface area contributed by atoms with E-state index in [1.165, 1.54) is 4.88 Å². The molecule has 1 unspecified atom stereocenters. The number of carbonyl (C=O) groups excluding carboxylic acids is 1. The maximum Gasteiger partial charge on any atom is 0.231 e. The van der Waals surface area contributed by atoms with E-state index in [-0.39, 0.29) is 17.4 Å². The van der Waals surface area contributed by atoms with Crippen molar-refractivity contribution in [3.05, 3.63) is 22.4 Å². The number of hydrogen-bond donors (Lipinski definition) is 1. The molecule has 0 radical (unpaired) electrons. The van der Waals surface area contributed by atoms with E-state index in [0.717, 1.165) is 19.3 Å². The molecule has 1 aliphatic rings. The molecule has 1 fully saturated rings. The minimum Gasteiger partial charge on any atom is -0.353 e. The van der Waals surface area contributed by atoms with Gasteiger partial charge in [-0.1, -0.05) is 13.0 Å². The van der Waals surface area contributed by atoms with Gasteiger partial charge in [0.15, 0.2) is 0 Å². The van der Waals surface area contributed by atoms with Crippen LogP contribution in [0.1, 0.15) is 38.0 Å². The molecule has 1 saturated carbocycles. The number of thiophene rings is 1. The van der Waals surface area contributed by atoms with Crippen LogP contribution in [0.5, 0.6) is 0 Å². The molecule has 1 amide bonds. The molecule has 1 aromatic heterocycles. The first-order valence-corrected chi connectivity index (χ1v) is 6.42. The van der Waals surface area contributed by atoms with Gasteiger partial charge in [-0.15, -0.1) is 11.3 Å². The smallest absolute Gasteiger partial charge is 0.231 e. The van der Waals surface area contributed by atoms with Crippen LogP contribution in [0.25, 0.3) is 0 Å². The SMILES string of the molecule is CCC(C)NC(=O)C1(c2cccs2)CC1. The average molecular weight is 223 g/mol. The second-order valence-corrected chi connectivity index (χ2v) is 5.29. The summed E-state index contributed by atoms with van der Waals surface area (Å²) in [5, 5.41) is 5.14. The van der Waals surface area contributed by atoms with E-state index in [4.69, 9.17) is 0 Å². The Morgan fingerprint density at radius 1 is 1.67 bits per heavy atom. The first-order valence-electron chi connectivity index (χ1n) is 5.54. The molecule has 0 aliphatic heterocycles. The second-order valence-electron chi connectivity index (χ2n) is 4.34. The molecule has 0 aromatic carbocycles. The van der Waals surface area contributed by atoms with Gasteiger partial charge in [-0.2, -0.15) is 0 Å². The van der Waals surface area contributed by atoms with Crippen LogP contribution in [0.15, 0.2) is 17.5 Å². The van der Waals surface area contributed by atoms with E-state index in [2.05, 4.69) is 25.2 Å². The lowest BCUT2D eigenvalue weighted by molar-refractivity contribution is -0.124. The molecule has 0 bridgehead atoms. The van der Waals surface area contributed by atoms with Gasteiger partial charge in [0.2, 0.25) is 5.91 Å². The fourth-order valence-corrected chi connectivity index (χ4v) is 2.71. The van der Waals surface area contributed by atoms with E-state index in [9.17, 15) is 4.79 Å². The van der Waals surface area contributed by atoms with Crippen LogP contribution < -0.4 is 5.32 Å². The number of carbonyl (C=O) groups is 1. The maximum atomic E-state index is 12.1. The summed E-state index contributed by atoms with van der Waals surface area (Å²) < 4.78 is 0. The molecule has 1 aliphatic carbocycles. The molecule has 82 valence electrons. The topological polar surface area (TPSA) is 29.1 Å². The lowest BCUT2D eigenvalue weighted by Crippen LogP contribution is -2.39. The Labute approximate surface area is 94.7 Å². The zero-order valence-corrected chi connectivity index (χ0v) is 10.1. The lowest BCUT2D eigenvalue weighted by atomic mass is 10.0. The molecule has 3 heteroatoms. The highest BCUT2D eigenvalue weighted by atomic mass is 32.1. The Morgan fingerprint density at radius 2 is 2.40 bits per heavy atom. The van der Waals surface area contributed by atoms with Crippen molar-refractivity contribution < 1.29 is 4.79 Å². The molecule has 0 spiro atoms. The largest absolute Gasteiger partial charge is 0.353 e. The van der Waals surface area contributed by atoms with E-state index in [1.54, 1.807) is 11.3 Å². The fourth-order valence-electron chi connectivity index (χ4n) is 1.73. The van der Waals surface area contributed by atoms with Crippen molar-refractivity contribution >= 4 is 17.2 Å². The van der Waals surface area contributed by atoms with Gasteiger partial charge < -0.3 is 5.32 Å². The first kappa shape index (κ1) is 10.7. The predicted molar refractivity (Wildman–Crippen MR) is 63.1 cm³/mol. The van der Waals surface area contributed by atoms with Gasteiger partial charge in [0, 0.05) is 10.9 Å². The Balaban J connectivity index is 2.07. The summed E-state index contributed by atoms with van der Waals surface area (Å²) in [6.45, 7) is 4.15. The minimum absolute atomic E-state index is 0.169. The van der Waals surface area contributed by atoms with E-state index in [0.29, 0.717) is 0 Å². The first-order chi connectivity index (χ1) is 7.19. The van der Waals surface area contributed by atoms with Crippen LogP contribution in [-0.2, 0) is 10.2 Å². The highest BCUT2D eigenvalue weighted by Gasteiger charge is 2.52. The van der Waals surface area contributed by atoms with Crippen LogP contribution in [0, 0.1) is 0 Å². The number of amides is 1. The lowest BCUT2D eigenvalue weighted by Gasteiger charge is -2.17. The molecule has 1 heterocycles. The van der Waals surface area contributed by atoms with E-state index >= 15 is 0 Å². The van der Waals surface area contributed by atoms with Crippen LogP contribution in [0.4, 0.5) is 0 Å². The summed E-state index contributed by atoms with van der Waals surface area (Å²) in [6.07, 6.45) is 3.01. The van der Waals surface area contributed by atoms with E-state index in [1.807, 2.05) is 11.4 Å². The van der Waals surface area contributed by atoms with Crippen LogP contribution >= 0.6 is 11.3 Å². The number of rotatable bonds is 4. The highest BCUT2D eigenvalue weighted by molar-refractivity contribution is 7.10. The van der Waals surface area contributed by atoms with Gasteiger partial charge >= 0.3 is 0 Å². The summed E-state index contributed by atoms with van der Waals surface area (Å²) >= 11 is 1.69. The van der Waals surface area contributed by atoms with Crippen LogP contribution in [0.2, 0.25) is 0 Å². The molecule has 0 saturated heterocycles. The maximum absolute atomic E-state index is 12.1. The van der Waals surface area contributed by atoms with Crippen molar-refractivity contribution in [2.45, 2.75) is 44.6 Å². The van der Waals surface area contributed by atoms with Gasteiger partial charge in [0.25, 0.3) is 0 Å². The summed E-state index contributed by atoms with van der Waals surface area (Å²) in [5.41, 5.74) is -0.169. The third-order valence-electron chi connectivity index (χ3n) is 3.17. The van der Waals surface area contributed by atoms with Gasteiger partial charge in [-0.05, 0) is 37.6 Å². The zero-order chi connectivity index (χ0) is 10.9. The predicted octanol–water partition coefficient (Wildman–Crippen LogP) is 2.69. The Hall–Kier alpha value is -0.830.